The van der Waals surface area contributed by atoms with Crippen LogP contribution in [0.1, 0.15) is 30.3 Å². The number of carbonyl (C=O) groups is 4. The van der Waals surface area contributed by atoms with Crippen molar-refractivity contribution in [3.63, 3.8) is 0 Å². The van der Waals surface area contributed by atoms with Gasteiger partial charge in [0.2, 0.25) is 5.91 Å². The zero-order valence-corrected chi connectivity index (χ0v) is 22.7. The fraction of sp³-hybridized carbons (Fsp3) is 0.300. The topological polar surface area (TPSA) is 138 Å². The van der Waals surface area contributed by atoms with Gasteiger partial charge in [-0.25, -0.2) is 9.78 Å². The Morgan fingerprint density at radius 3 is 2.15 bits per heavy atom. The van der Waals surface area contributed by atoms with Crippen molar-refractivity contribution in [3.05, 3.63) is 78.5 Å². The highest BCUT2D eigenvalue weighted by molar-refractivity contribution is 5.97. The first-order chi connectivity index (χ1) is 19.8. The van der Waals surface area contributed by atoms with E-state index in [1.165, 1.54) is 9.96 Å². The van der Waals surface area contributed by atoms with Crippen molar-refractivity contribution >= 4 is 23.9 Å². The fourth-order valence-electron chi connectivity index (χ4n) is 4.43. The Kier molecular flexibility index (Phi) is 10.0. The van der Waals surface area contributed by atoms with Crippen LogP contribution in [0.3, 0.4) is 0 Å². The summed E-state index contributed by atoms with van der Waals surface area (Å²) in [5.41, 5.74) is 3.17. The Morgan fingerprint density at radius 1 is 0.902 bits per heavy atom. The van der Waals surface area contributed by atoms with Gasteiger partial charge in [0.1, 0.15) is 11.7 Å². The van der Waals surface area contributed by atoms with Gasteiger partial charge < -0.3 is 24.9 Å². The number of hydrogen-bond acceptors (Lipinski definition) is 8. The molecule has 0 bridgehead atoms. The molecule has 2 heterocycles. The number of aromatic nitrogens is 1. The number of ether oxygens (including phenoxy) is 1. The number of nitrogens with one attached hydrogen (secondary N) is 1. The van der Waals surface area contributed by atoms with E-state index in [2.05, 4.69) is 10.3 Å². The standard InChI is InChI=1S/C30H32N4O7/c1-2-40-30(39)41-34-17-15-33(16-18-34)29(38)24(13-14-27(35)36)32-28(37)26-20-23(21-9-5-3-6-10-21)19-25(31-26)22-11-7-4-8-12-22/h3-12,19-20,24H,2,13-18H2,1H3,(H,32,37)(H,35,36)/t24-/m0/s1. The molecule has 0 saturated carbocycles. The molecule has 2 aromatic carbocycles. The number of aliphatic carboxylic acids is 1. The number of piperazine rings is 1. The first kappa shape index (κ1) is 29.2. The number of hydrogen-bond donors (Lipinski definition) is 2. The summed E-state index contributed by atoms with van der Waals surface area (Å²) in [4.78, 5) is 61.1. The van der Waals surface area contributed by atoms with Gasteiger partial charge in [0, 0.05) is 25.1 Å². The highest BCUT2D eigenvalue weighted by atomic mass is 16.8. The molecule has 0 unspecified atom stereocenters. The van der Waals surface area contributed by atoms with Gasteiger partial charge in [-0.05, 0) is 36.6 Å². The lowest BCUT2D eigenvalue weighted by atomic mass is 10.0. The molecule has 11 heteroatoms. The normalized spacial score (nSPS) is 14.1. The summed E-state index contributed by atoms with van der Waals surface area (Å²) in [6.07, 6.45) is -1.22. The molecule has 0 radical (unpaired) electrons. The predicted octanol–water partition coefficient (Wildman–Crippen LogP) is 3.61. The number of rotatable bonds is 10. The van der Waals surface area contributed by atoms with Crippen molar-refractivity contribution < 1.29 is 33.9 Å². The molecular formula is C30H32N4O7. The van der Waals surface area contributed by atoms with Crippen molar-refractivity contribution in [3.8, 4) is 22.4 Å². The highest BCUT2D eigenvalue weighted by Gasteiger charge is 2.31. The molecule has 1 fully saturated rings. The number of carboxylic acids is 1. The second-order valence-corrected chi connectivity index (χ2v) is 9.35. The minimum atomic E-state index is -1.08. The maximum Gasteiger partial charge on any atom is 0.527 e. The number of nitrogens with zero attached hydrogens (tertiary/aromatic N) is 3. The first-order valence-electron chi connectivity index (χ1n) is 13.4. The van der Waals surface area contributed by atoms with Gasteiger partial charge in [0.15, 0.2) is 0 Å². The Bertz CT molecular complexity index is 1300. The molecule has 11 nitrogen and oxygen atoms in total. The Morgan fingerprint density at radius 2 is 1.54 bits per heavy atom. The first-order valence-corrected chi connectivity index (χ1v) is 13.4. The maximum absolute atomic E-state index is 13.5. The zero-order chi connectivity index (χ0) is 29.2. The van der Waals surface area contributed by atoms with Crippen LogP contribution in [0, 0.1) is 0 Å². The van der Waals surface area contributed by atoms with Gasteiger partial charge in [-0.3, -0.25) is 14.4 Å². The summed E-state index contributed by atoms with van der Waals surface area (Å²) < 4.78 is 4.78. The monoisotopic (exact) mass is 560 g/mol. The van der Waals surface area contributed by atoms with E-state index in [0.717, 1.165) is 16.7 Å². The molecule has 0 spiro atoms. The van der Waals surface area contributed by atoms with Crippen molar-refractivity contribution in [2.45, 2.75) is 25.8 Å². The predicted molar refractivity (Wildman–Crippen MR) is 149 cm³/mol. The molecule has 1 aromatic heterocycles. The quantitative estimate of drug-likeness (QED) is 0.356. The SMILES string of the molecule is CCOC(=O)ON1CCN(C(=O)[C@H](CCC(=O)O)NC(=O)c2cc(-c3ccccc3)cc(-c3ccccc3)n2)CC1. The number of hydroxylamine groups is 2. The lowest BCUT2D eigenvalue weighted by Crippen LogP contribution is -2.55. The van der Waals surface area contributed by atoms with Crippen LogP contribution in [-0.4, -0.2) is 82.8 Å². The largest absolute Gasteiger partial charge is 0.527 e. The van der Waals surface area contributed by atoms with E-state index < -0.39 is 30.0 Å². The lowest BCUT2D eigenvalue weighted by molar-refractivity contribution is -0.157. The summed E-state index contributed by atoms with van der Waals surface area (Å²) in [6.45, 7) is 2.77. The Hall–Kier alpha value is -4.77. The van der Waals surface area contributed by atoms with Gasteiger partial charge in [-0.1, -0.05) is 60.7 Å². The van der Waals surface area contributed by atoms with Crippen LogP contribution in [0.5, 0.6) is 0 Å². The third kappa shape index (κ3) is 8.12. The van der Waals surface area contributed by atoms with Gasteiger partial charge in [0.25, 0.3) is 5.91 Å². The summed E-state index contributed by atoms with van der Waals surface area (Å²) in [5, 5.41) is 13.4. The molecule has 2 N–H and O–H groups in total. The fourth-order valence-corrected chi connectivity index (χ4v) is 4.43. The van der Waals surface area contributed by atoms with Gasteiger partial charge in [-0.15, -0.1) is 5.06 Å². The molecule has 214 valence electrons. The molecule has 41 heavy (non-hydrogen) atoms. The third-order valence-electron chi connectivity index (χ3n) is 6.50. The van der Waals surface area contributed by atoms with Crippen LogP contribution in [0.2, 0.25) is 0 Å². The second kappa shape index (κ2) is 14.0. The molecule has 1 aliphatic rings. The van der Waals surface area contributed by atoms with Crippen LogP contribution < -0.4 is 5.32 Å². The van der Waals surface area contributed by atoms with Crippen LogP contribution in [-0.2, 0) is 19.2 Å². The number of carbonyl (C=O) groups excluding carboxylic acids is 3. The number of benzene rings is 2. The maximum atomic E-state index is 13.5. The van der Waals surface area contributed by atoms with Crippen LogP contribution in [0.25, 0.3) is 22.4 Å². The molecular weight excluding hydrogens is 528 g/mol. The van der Waals surface area contributed by atoms with Gasteiger partial charge in [0.05, 0.1) is 25.4 Å². The molecule has 0 aliphatic carbocycles. The highest BCUT2D eigenvalue weighted by Crippen LogP contribution is 2.26. The third-order valence-corrected chi connectivity index (χ3v) is 6.50. The van der Waals surface area contributed by atoms with Crippen molar-refractivity contribution in [1.82, 2.24) is 20.3 Å². The molecule has 2 amide bonds. The van der Waals surface area contributed by atoms with Gasteiger partial charge in [-0.2, -0.15) is 0 Å². The molecule has 4 rings (SSSR count). The molecule has 1 atom stereocenters. The molecule has 3 aromatic rings. The summed E-state index contributed by atoms with van der Waals surface area (Å²) in [6, 6.07) is 21.4. The van der Waals surface area contributed by atoms with Crippen molar-refractivity contribution in [1.29, 1.82) is 0 Å². The summed E-state index contributed by atoms with van der Waals surface area (Å²) in [7, 11) is 0. The number of amides is 2. The number of carboxylic acid groups (broad SMARTS) is 1. The van der Waals surface area contributed by atoms with Crippen molar-refractivity contribution in [2.24, 2.45) is 0 Å². The van der Waals surface area contributed by atoms with Crippen molar-refractivity contribution in [2.75, 3.05) is 32.8 Å². The van der Waals surface area contributed by atoms with E-state index in [1.807, 2.05) is 66.7 Å². The average molecular weight is 561 g/mol. The van der Waals surface area contributed by atoms with E-state index in [0.29, 0.717) is 5.69 Å². The minimum absolute atomic E-state index is 0.0939. The second-order valence-electron chi connectivity index (χ2n) is 9.35. The lowest BCUT2D eigenvalue weighted by Gasteiger charge is -2.35. The summed E-state index contributed by atoms with van der Waals surface area (Å²) in [5.74, 6) is -2.09. The Balaban J connectivity index is 1.54. The Labute approximate surface area is 237 Å². The average Bonchev–Trinajstić information content (AvgIpc) is 3.00. The van der Waals surface area contributed by atoms with Crippen LogP contribution in [0.15, 0.2) is 72.8 Å². The van der Waals surface area contributed by atoms with Gasteiger partial charge >= 0.3 is 12.1 Å². The zero-order valence-electron chi connectivity index (χ0n) is 22.7. The molecule has 1 aliphatic heterocycles. The summed E-state index contributed by atoms with van der Waals surface area (Å²) >= 11 is 0. The van der Waals surface area contributed by atoms with E-state index in [9.17, 15) is 24.3 Å². The van der Waals surface area contributed by atoms with Crippen LogP contribution in [0.4, 0.5) is 4.79 Å². The van der Waals surface area contributed by atoms with E-state index >= 15 is 0 Å². The van der Waals surface area contributed by atoms with E-state index in [1.54, 1.807) is 13.0 Å². The van der Waals surface area contributed by atoms with E-state index in [4.69, 9.17) is 9.57 Å². The minimum Gasteiger partial charge on any atom is -0.481 e. The van der Waals surface area contributed by atoms with Crippen LogP contribution >= 0.6 is 0 Å². The van der Waals surface area contributed by atoms with E-state index in [-0.39, 0.29) is 51.3 Å². The number of pyridine rings is 1. The molecule has 1 saturated heterocycles. The smallest absolute Gasteiger partial charge is 0.481 e.